The van der Waals surface area contributed by atoms with E-state index in [4.69, 9.17) is 9.47 Å². The Labute approximate surface area is 209 Å². The summed E-state index contributed by atoms with van der Waals surface area (Å²) in [4.78, 5) is -1.01. The summed E-state index contributed by atoms with van der Waals surface area (Å²) in [5.41, 5.74) is 2.48. The molecule has 0 saturated heterocycles. The fraction of sp³-hybridized carbons (Fsp3) is 0.0769. The second kappa shape index (κ2) is 9.75. The van der Waals surface area contributed by atoms with E-state index in [2.05, 4.69) is 0 Å². The maximum atomic E-state index is 12.1. The van der Waals surface area contributed by atoms with Crippen molar-refractivity contribution in [2.75, 3.05) is 0 Å². The summed E-state index contributed by atoms with van der Waals surface area (Å²) in [7, 11) is -9.40. The van der Waals surface area contributed by atoms with E-state index in [-0.39, 0.29) is 22.6 Å². The lowest BCUT2D eigenvalue weighted by atomic mass is 10.1. The molecule has 4 aromatic carbocycles. The zero-order valence-corrected chi connectivity index (χ0v) is 20.9. The predicted octanol–water partition coefficient (Wildman–Crippen LogP) is 6.05. The zero-order chi connectivity index (χ0) is 26.1. The normalized spacial score (nSPS) is 11.8. The Bertz CT molecular complexity index is 1500. The molecular weight excluding hydrogens is 504 g/mol. The molecule has 186 valence electrons. The largest absolute Gasteiger partial charge is 0.456 e. The first-order valence-corrected chi connectivity index (χ1v) is 13.5. The lowest BCUT2D eigenvalue weighted by Gasteiger charge is -2.14. The lowest BCUT2D eigenvalue weighted by molar-refractivity contribution is 0.448. The molecule has 0 radical (unpaired) electrons. The Morgan fingerprint density at radius 2 is 0.861 bits per heavy atom. The first-order chi connectivity index (χ1) is 16.9. The lowest BCUT2D eigenvalue weighted by Crippen LogP contribution is -2.03. The molecule has 0 unspecified atom stereocenters. The van der Waals surface area contributed by atoms with Gasteiger partial charge in [-0.05, 0) is 73.5 Å². The maximum Gasteiger partial charge on any atom is 0.298 e. The van der Waals surface area contributed by atoms with Crippen LogP contribution >= 0.6 is 0 Å². The van der Waals surface area contributed by atoms with E-state index in [0.717, 1.165) is 23.3 Å². The van der Waals surface area contributed by atoms with Crippen LogP contribution in [-0.2, 0) is 20.2 Å². The average molecular weight is 527 g/mol. The Morgan fingerprint density at radius 1 is 0.528 bits per heavy atom. The first kappa shape index (κ1) is 25.4. The van der Waals surface area contributed by atoms with Gasteiger partial charge in [0.15, 0.2) is 0 Å². The molecule has 0 fully saturated rings. The van der Waals surface area contributed by atoms with Gasteiger partial charge in [-0.3, -0.25) is 9.11 Å². The van der Waals surface area contributed by atoms with Gasteiger partial charge in [0.2, 0.25) is 0 Å². The molecule has 0 aliphatic rings. The SMILES string of the molecule is Cc1ccc(Oc2ccc(-c3ccc(Oc4ccc(C)cc4)c(S(=O)(=O)O)c3)cc2S(=O)(=O)O)cc1. The van der Waals surface area contributed by atoms with Gasteiger partial charge in [-0.1, -0.05) is 47.5 Å². The highest BCUT2D eigenvalue weighted by molar-refractivity contribution is 7.86. The van der Waals surface area contributed by atoms with Crippen molar-refractivity contribution in [1.29, 1.82) is 0 Å². The van der Waals surface area contributed by atoms with Crippen molar-refractivity contribution in [2.24, 2.45) is 0 Å². The molecule has 0 aliphatic heterocycles. The van der Waals surface area contributed by atoms with Gasteiger partial charge < -0.3 is 9.47 Å². The molecular formula is C26H22O8S2. The highest BCUT2D eigenvalue weighted by Crippen LogP contribution is 2.36. The minimum absolute atomic E-state index is 0.112. The third kappa shape index (κ3) is 5.92. The van der Waals surface area contributed by atoms with Crippen molar-refractivity contribution in [2.45, 2.75) is 23.6 Å². The number of aryl methyl sites for hydroxylation is 2. The van der Waals surface area contributed by atoms with Crippen LogP contribution in [0.25, 0.3) is 11.1 Å². The molecule has 0 aliphatic carbocycles. The van der Waals surface area contributed by atoms with E-state index in [0.29, 0.717) is 11.5 Å². The number of hydrogen-bond acceptors (Lipinski definition) is 6. The number of rotatable bonds is 7. The summed E-state index contributed by atoms with van der Waals surface area (Å²) >= 11 is 0. The standard InChI is InChI=1S/C26H22O8S2/c1-17-3-9-21(10-4-17)33-23-13-7-19(15-25(23)35(27,28)29)20-8-14-24(26(16-20)36(30,31)32)34-22-11-5-18(2)6-12-22/h3-16H,1-2H3,(H,27,28,29)(H,30,31,32). The van der Waals surface area contributed by atoms with E-state index >= 15 is 0 Å². The monoisotopic (exact) mass is 526 g/mol. The van der Waals surface area contributed by atoms with Gasteiger partial charge in [0, 0.05) is 0 Å². The minimum atomic E-state index is -4.70. The number of hydrogen-bond donors (Lipinski definition) is 2. The van der Waals surface area contributed by atoms with Crippen molar-refractivity contribution in [3.63, 3.8) is 0 Å². The van der Waals surface area contributed by atoms with Crippen LogP contribution in [0, 0.1) is 13.8 Å². The van der Waals surface area contributed by atoms with E-state index in [1.807, 2.05) is 13.8 Å². The summed E-state index contributed by atoms with van der Waals surface area (Å²) in [6, 6.07) is 21.8. The molecule has 10 heteroatoms. The Hall–Kier alpha value is -3.70. The maximum absolute atomic E-state index is 12.1. The molecule has 0 atom stereocenters. The molecule has 4 aromatic rings. The Kier molecular flexibility index (Phi) is 6.87. The predicted molar refractivity (Wildman–Crippen MR) is 134 cm³/mol. The quantitative estimate of drug-likeness (QED) is 0.279. The summed E-state index contributed by atoms with van der Waals surface area (Å²) in [5.74, 6) is 0.507. The third-order valence-electron chi connectivity index (χ3n) is 5.27. The van der Waals surface area contributed by atoms with Crippen LogP contribution in [0.3, 0.4) is 0 Å². The Morgan fingerprint density at radius 3 is 1.17 bits per heavy atom. The Balaban J connectivity index is 1.75. The number of ether oxygens (including phenoxy) is 2. The molecule has 0 spiro atoms. The van der Waals surface area contributed by atoms with Crippen LogP contribution in [0.5, 0.6) is 23.0 Å². The zero-order valence-electron chi connectivity index (χ0n) is 19.2. The van der Waals surface area contributed by atoms with E-state index < -0.39 is 30.0 Å². The van der Waals surface area contributed by atoms with Gasteiger partial charge in [-0.25, -0.2) is 0 Å². The molecule has 0 saturated carbocycles. The minimum Gasteiger partial charge on any atom is -0.456 e. The third-order valence-corrected chi connectivity index (χ3v) is 7.02. The summed E-state index contributed by atoms with van der Waals surface area (Å²) in [6.45, 7) is 3.78. The van der Waals surface area contributed by atoms with Gasteiger partial charge in [-0.2, -0.15) is 16.8 Å². The van der Waals surface area contributed by atoms with Crippen molar-refractivity contribution in [3.8, 4) is 34.1 Å². The fourth-order valence-electron chi connectivity index (χ4n) is 3.41. The molecule has 4 rings (SSSR count). The molecule has 2 N–H and O–H groups in total. The molecule has 0 heterocycles. The van der Waals surface area contributed by atoms with Crippen molar-refractivity contribution in [3.05, 3.63) is 96.1 Å². The fourth-order valence-corrected chi connectivity index (χ4v) is 4.69. The number of benzene rings is 4. The first-order valence-electron chi connectivity index (χ1n) is 10.6. The van der Waals surface area contributed by atoms with E-state index in [1.165, 1.54) is 24.3 Å². The molecule has 0 amide bonds. The smallest absolute Gasteiger partial charge is 0.298 e. The van der Waals surface area contributed by atoms with Crippen LogP contribution in [-0.4, -0.2) is 25.9 Å². The van der Waals surface area contributed by atoms with Gasteiger partial charge in [0.05, 0.1) is 0 Å². The van der Waals surface area contributed by atoms with Crippen molar-refractivity contribution in [1.82, 2.24) is 0 Å². The van der Waals surface area contributed by atoms with Gasteiger partial charge in [-0.15, -0.1) is 0 Å². The van der Waals surface area contributed by atoms with Crippen LogP contribution in [0.15, 0.2) is 94.7 Å². The van der Waals surface area contributed by atoms with Crippen molar-refractivity contribution >= 4 is 20.2 Å². The topological polar surface area (TPSA) is 127 Å². The van der Waals surface area contributed by atoms with Gasteiger partial charge in [0.1, 0.15) is 32.8 Å². The van der Waals surface area contributed by atoms with Crippen LogP contribution in [0.4, 0.5) is 0 Å². The summed E-state index contributed by atoms with van der Waals surface area (Å²) < 4.78 is 79.4. The van der Waals surface area contributed by atoms with E-state index in [1.54, 1.807) is 48.5 Å². The van der Waals surface area contributed by atoms with Crippen LogP contribution in [0.2, 0.25) is 0 Å². The highest BCUT2D eigenvalue weighted by atomic mass is 32.2. The second-order valence-electron chi connectivity index (χ2n) is 8.10. The van der Waals surface area contributed by atoms with Gasteiger partial charge in [0.25, 0.3) is 20.2 Å². The summed E-state index contributed by atoms with van der Waals surface area (Å²) in [6.07, 6.45) is 0. The molecule has 0 aromatic heterocycles. The average Bonchev–Trinajstić information content (AvgIpc) is 2.81. The van der Waals surface area contributed by atoms with Crippen LogP contribution < -0.4 is 9.47 Å². The van der Waals surface area contributed by atoms with Crippen LogP contribution in [0.1, 0.15) is 11.1 Å². The molecule has 36 heavy (non-hydrogen) atoms. The van der Waals surface area contributed by atoms with E-state index in [9.17, 15) is 25.9 Å². The van der Waals surface area contributed by atoms with Crippen molar-refractivity contribution < 1.29 is 35.4 Å². The second-order valence-corrected chi connectivity index (χ2v) is 10.9. The summed E-state index contributed by atoms with van der Waals surface area (Å²) in [5, 5.41) is 0. The van der Waals surface area contributed by atoms with Gasteiger partial charge >= 0.3 is 0 Å². The molecule has 0 bridgehead atoms. The highest BCUT2D eigenvalue weighted by Gasteiger charge is 2.22. The molecule has 8 nitrogen and oxygen atoms in total.